The molecule has 1 atom stereocenters. The third-order valence-corrected chi connectivity index (χ3v) is 2.89. The molecular weight excluding hydrogens is 469 g/mol. The van der Waals surface area contributed by atoms with E-state index in [0.29, 0.717) is 17.3 Å². The molecule has 0 fully saturated rings. The molecule has 159 valence electrons. The summed E-state index contributed by atoms with van der Waals surface area (Å²) in [5, 5.41) is 30.1. The van der Waals surface area contributed by atoms with Crippen molar-refractivity contribution in [3.8, 4) is 5.75 Å². The zero-order valence-electron chi connectivity index (χ0n) is 17.7. The number of H-pyrrole nitrogens is 1. The number of allylic oxidation sites excluding steroid dienone is 1. The van der Waals surface area contributed by atoms with Gasteiger partial charge in [-0.05, 0) is 44.5 Å². The average Bonchev–Trinajstić information content (AvgIpc) is 3.08. The number of carbonyl (C=O) groups is 1. The van der Waals surface area contributed by atoms with Crippen LogP contribution in [0.25, 0.3) is 10.7 Å². The molecule has 0 saturated carbocycles. The zero-order valence-corrected chi connectivity index (χ0v) is 21.3. The van der Waals surface area contributed by atoms with Crippen LogP contribution in [0.15, 0.2) is 30.5 Å². The van der Waals surface area contributed by atoms with Crippen molar-refractivity contribution in [3.63, 3.8) is 0 Å². The Morgan fingerprint density at radius 3 is 2.28 bits per heavy atom. The van der Waals surface area contributed by atoms with Crippen LogP contribution in [0, 0.1) is 13.8 Å². The van der Waals surface area contributed by atoms with Crippen LogP contribution in [0.1, 0.15) is 44.0 Å². The number of hydrogen-bond acceptors (Lipinski definition) is 4. The predicted molar refractivity (Wildman–Crippen MR) is 116 cm³/mol. The first kappa shape index (κ1) is 31.9. The fourth-order valence-electron chi connectivity index (χ4n) is 1.57. The zero-order chi connectivity index (χ0) is 21.9. The first-order valence-corrected chi connectivity index (χ1v) is 8.98. The molecule has 3 N–H and O–H groups in total. The summed E-state index contributed by atoms with van der Waals surface area (Å²) in [5.74, 6) is 1.58. The van der Waals surface area contributed by atoms with E-state index in [-0.39, 0.29) is 44.5 Å². The third kappa shape index (κ3) is 18.0. The SMILES string of the molecule is CC.C[N-]/C=C\C=[N-].Cc1cc(O)cc(Cl)c1.Cc1nc(C(C)NC=O)n[nH]1.[Y]. The number of benzene rings is 1. The molecule has 10 heteroatoms. The van der Waals surface area contributed by atoms with E-state index in [1.807, 2.05) is 34.6 Å². The molecule has 1 radical (unpaired) electrons. The van der Waals surface area contributed by atoms with E-state index >= 15 is 0 Å². The second kappa shape index (κ2) is 21.0. The van der Waals surface area contributed by atoms with E-state index in [2.05, 4.69) is 25.8 Å². The van der Waals surface area contributed by atoms with Crippen molar-refractivity contribution < 1.29 is 42.6 Å². The Hall–Kier alpha value is -1.77. The van der Waals surface area contributed by atoms with Crippen LogP contribution >= 0.6 is 11.6 Å². The first-order chi connectivity index (χ1) is 13.3. The second-order valence-corrected chi connectivity index (χ2v) is 5.46. The number of hydrogen-bond donors (Lipinski definition) is 3. The second-order valence-electron chi connectivity index (χ2n) is 5.02. The number of aryl methyl sites for hydroxylation is 2. The summed E-state index contributed by atoms with van der Waals surface area (Å²) >= 11 is 5.59. The molecule has 0 saturated heterocycles. The van der Waals surface area contributed by atoms with Crippen molar-refractivity contribution in [3.05, 3.63) is 63.4 Å². The van der Waals surface area contributed by atoms with Crippen LogP contribution in [-0.2, 0) is 37.5 Å². The van der Waals surface area contributed by atoms with E-state index in [9.17, 15) is 4.79 Å². The normalized spacial score (nSPS) is 9.76. The fraction of sp³-hybridized carbons (Fsp3) is 0.368. The van der Waals surface area contributed by atoms with Gasteiger partial charge in [0.25, 0.3) is 0 Å². The summed E-state index contributed by atoms with van der Waals surface area (Å²) in [6.07, 6.45) is 4.52. The monoisotopic (exact) mass is 497 g/mol. The maximum absolute atomic E-state index is 10.0. The van der Waals surface area contributed by atoms with E-state index in [1.165, 1.54) is 18.3 Å². The van der Waals surface area contributed by atoms with Crippen LogP contribution in [-0.4, -0.2) is 40.0 Å². The summed E-state index contributed by atoms with van der Waals surface area (Å²) in [7, 11) is 1.64. The average molecular weight is 498 g/mol. The van der Waals surface area contributed by atoms with Crippen LogP contribution in [0.4, 0.5) is 0 Å². The molecule has 0 aliphatic carbocycles. The summed E-state index contributed by atoms with van der Waals surface area (Å²) in [6.45, 7) is 9.51. The Morgan fingerprint density at radius 2 is 1.93 bits per heavy atom. The molecule has 0 bridgehead atoms. The minimum absolute atomic E-state index is 0. The van der Waals surface area contributed by atoms with Gasteiger partial charge < -0.3 is 21.1 Å². The van der Waals surface area contributed by atoms with Gasteiger partial charge in [-0.15, -0.1) is 13.1 Å². The summed E-state index contributed by atoms with van der Waals surface area (Å²) in [4.78, 5) is 14.1. The van der Waals surface area contributed by atoms with E-state index < -0.39 is 0 Å². The maximum Gasteiger partial charge on any atom is 0.207 e. The number of rotatable bonds is 5. The molecule has 1 unspecified atom stereocenters. The number of phenolic OH excluding ortho intramolecular Hbond substituents is 1. The maximum atomic E-state index is 10.0. The molecule has 8 nitrogen and oxygen atoms in total. The Balaban J connectivity index is -0.000000342. The van der Waals surface area contributed by atoms with Crippen LogP contribution in [0.5, 0.6) is 5.75 Å². The van der Waals surface area contributed by atoms with Gasteiger partial charge in [0, 0.05) is 37.7 Å². The van der Waals surface area contributed by atoms with Crippen LogP contribution in [0.3, 0.4) is 0 Å². The van der Waals surface area contributed by atoms with Gasteiger partial charge in [0.2, 0.25) is 6.41 Å². The van der Waals surface area contributed by atoms with Gasteiger partial charge >= 0.3 is 0 Å². The number of halogens is 1. The number of carbonyl (C=O) groups excluding carboxylic acids is 1. The standard InChI is InChI=1S/C7H7ClO.C6H10N4O.C4H6N2.C2H6.Y/c1-5-2-6(8)4-7(9)3-5;1-4(7-3-11)6-8-5(2)9-10-6;1-6-4-2-3-5;1-2;/h2-4,9H,1H3;3-4H,1-2H3,(H,7,11)(H,8,9,10);2-4H,1H3;1-2H3;/q;;-2;;/b;;4-2-;;. The molecule has 29 heavy (non-hydrogen) atoms. The van der Waals surface area contributed by atoms with Gasteiger partial charge in [-0.3, -0.25) is 9.89 Å². The van der Waals surface area contributed by atoms with Gasteiger partial charge in [-0.1, -0.05) is 25.4 Å². The number of aromatic amines is 1. The molecular formula is C19H29ClN6O2Y-2. The number of aromatic hydroxyl groups is 1. The minimum Gasteiger partial charge on any atom is -0.811 e. The smallest absolute Gasteiger partial charge is 0.207 e. The van der Waals surface area contributed by atoms with Crippen molar-refractivity contribution in [1.29, 1.82) is 0 Å². The molecule has 0 aliphatic rings. The summed E-state index contributed by atoms with van der Waals surface area (Å²) in [6, 6.07) is 4.83. The van der Waals surface area contributed by atoms with Crippen molar-refractivity contribution in [2.24, 2.45) is 0 Å². The van der Waals surface area contributed by atoms with Gasteiger partial charge in [0.05, 0.1) is 6.04 Å². The molecule has 1 aromatic heterocycles. The van der Waals surface area contributed by atoms with Gasteiger partial charge in [0.15, 0.2) is 5.82 Å². The Labute approximate surface area is 203 Å². The topological polar surface area (TPSA) is 127 Å². The third-order valence-electron chi connectivity index (χ3n) is 2.67. The molecule has 1 aromatic carbocycles. The minimum atomic E-state index is -0.127. The Morgan fingerprint density at radius 1 is 1.31 bits per heavy atom. The molecule has 1 heterocycles. The molecule has 1 amide bonds. The Kier molecular flexibility index (Phi) is 23.1. The van der Waals surface area contributed by atoms with Crippen molar-refractivity contribution in [2.75, 3.05) is 7.05 Å². The van der Waals surface area contributed by atoms with Gasteiger partial charge in [-0.25, -0.2) is 4.98 Å². The van der Waals surface area contributed by atoms with Crippen LogP contribution in [0.2, 0.25) is 5.02 Å². The first-order valence-electron chi connectivity index (χ1n) is 8.60. The number of aromatic nitrogens is 3. The van der Waals surface area contributed by atoms with E-state index in [0.717, 1.165) is 17.6 Å². The summed E-state index contributed by atoms with van der Waals surface area (Å²) in [5.41, 5.74) is 0.972. The number of amides is 1. The largest absolute Gasteiger partial charge is 0.811 e. The number of nitrogens with one attached hydrogen (secondary N) is 2. The van der Waals surface area contributed by atoms with Crippen molar-refractivity contribution in [1.82, 2.24) is 20.5 Å². The van der Waals surface area contributed by atoms with Gasteiger partial charge in [-0.2, -0.15) is 17.5 Å². The van der Waals surface area contributed by atoms with Crippen molar-refractivity contribution >= 4 is 24.2 Å². The fourth-order valence-corrected chi connectivity index (χ4v) is 1.86. The Bertz CT molecular complexity index is 659. The summed E-state index contributed by atoms with van der Waals surface area (Å²) < 4.78 is 0. The van der Waals surface area contributed by atoms with Crippen LogP contribution < -0.4 is 5.32 Å². The van der Waals surface area contributed by atoms with E-state index in [4.69, 9.17) is 22.1 Å². The molecule has 2 aromatic rings. The van der Waals surface area contributed by atoms with E-state index in [1.54, 1.807) is 19.2 Å². The molecule has 0 aliphatic heterocycles. The quantitative estimate of drug-likeness (QED) is 0.416. The predicted octanol–water partition coefficient (Wildman–Crippen LogP) is 4.44. The van der Waals surface area contributed by atoms with Gasteiger partial charge in [0.1, 0.15) is 11.6 Å². The number of phenols is 1. The van der Waals surface area contributed by atoms with Crippen molar-refractivity contribution in [2.45, 2.75) is 40.7 Å². The molecule has 0 spiro atoms. The molecule has 2 rings (SSSR count). The number of nitrogens with zero attached hydrogens (tertiary/aromatic N) is 4.